The van der Waals surface area contributed by atoms with Crippen LogP contribution in [0.3, 0.4) is 0 Å². The molecule has 1 atom stereocenters. The molecule has 0 saturated carbocycles. The zero-order valence-electron chi connectivity index (χ0n) is 10.4. The second-order valence-electron chi connectivity index (χ2n) is 4.03. The summed E-state index contributed by atoms with van der Waals surface area (Å²) in [4.78, 5) is 22.1. The highest BCUT2D eigenvalue weighted by atomic mass is 16.2. The van der Waals surface area contributed by atoms with Crippen LogP contribution in [0.2, 0.25) is 0 Å². The summed E-state index contributed by atoms with van der Waals surface area (Å²) < 4.78 is 0. The summed E-state index contributed by atoms with van der Waals surface area (Å²) >= 11 is 0. The summed E-state index contributed by atoms with van der Waals surface area (Å²) in [6, 6.07) is 0.172. The van der Waals surface area contributed by atoms with Gasteiger partial charge >= 0.3 is 0 Å². The monoisotopic (exact) mass is 229 g/mol. The van der Waals surface area contributed by atoms with E-state index in [2.05, 4.69) is 10.6 Å². The van der Waals surface area contributed by atoms with Gasteiger partial charge in [-0.2, -0.15) is 0 Å². The van der Waals surface area contributed by atoms with Gasteiger partial charge in [0, 0.05) is 18.5 Å². The van der Waals surface area contributed by atoms with Gasteiger partial charge in [-0.05, 0) is 19.8 Å². The maximum atomic E-state index is 11.5. The Morgan fingerprint density at radius 3 is 2.25 bits per heavy atom. The van der Waals surface area contributed by atoms with Gasteiger partial charge in [-0.1, -0.05) is 13.8 Å². The van der Waals surface area contributed by atoms with Crippen molar-refractivity contribution in [3.63, 3.8) is 0 Å². The highest BCUT2D eigenvalue weighted by molar-refractivity contribution is 5.78. The van der Waals surface area contributed by atoms with Crippen molar-refractivity contribution < 1.29 is 9.59 Å². The Labute approximate surface area is 97.2 Å². The van der Waals surface area contributed by atoms with Gasteiger partial charge < -0.3 is 16.4 Å². The predicted octanol–water partition coefficient (Wildman–Crippen LogP) is 0.145. The average Bonchev–Trinajstić information content (AvgIpc) is 2.22. The maximum Gasteiger partial charge on any atom is 0.234 e. The van der Waals surface area contributed by atoms with Gasteiger partial charge in [-0.15, -0.1) is 0 Å². The van der Waals surface area contributed by atoms with Crippen molar-refractivity contribution in [2.75, 3.05) is 6.54 Å². The lowest BCUT2D eigenvalue weighted by molar-refractivity contribution is -0.122. The molecule has 4 N–H and O–H groups in total. The predicted molar refractivity (Wildman–Crippen MR) is 63.8 cm³/mol. The second-order valence-corrected chi connectivity index (χ2v) is 4.03. The van der Waals surface area contributed by atoms with Crippen molar-refractivity contribution in [2.24, 2.45) is 5.73 Å². The van der Waals surface area contributed by atoms with E-state index in [1.165, 1.54) is 0 Å². The van der Waals surface area contributed by atoms with Crippen LogP contribution in [0.25, 0.3) is 0 Å². The summed E-state index contributed by atoms with van der Waals surface area (Å²) in [6.07, 6.45) is 2.11. The molecule has 0 heterocycles. The molecule has 94 valence electrons. The molecule has 16 heavy (non-hydrogen) atoms. The standard InChI is InChI=1S/C11H23N3O2/c1-4-9(5-2)14-11(16)7-13-8(3)6-10(12)15/h8-9,13H,4-7H2,1-3H3,(H2,12,15)(H,14,16). The van der Waals surface area contributed by atoms with E-state index in [-0.39, 0.29) is 36.9 Å². The number of hydrogen-bond donors (Lipinski definition) is 3. The SMILES string of the molecule is CCC(CC)NC(=O)CNC(C)CC(N)=O. The van der Waals surface area contributed by atoms with E-state index in [1.54, 1.807) is 0 Å². The molecule has 0 spiro atoms. The molecule has 5 nitrogen and oxygen atoms in total. The van der Waals surface area contributed by atoms with Crippen molar-refractivity contribution in [3.05, 3.63) is 0 Å². The number of hydrogen-bond acceptors (Lipinski definition) is 3. The largest absolute Gasteiger partial charge is 0.370 e. The number of nitrogens with two attached hydrogens (primary N) is 1. The van der Waals surface area contributed by atoms with Crippen LogP contribution in [0.15, 0.2) is 0 Å². The molecule has 0 aromatic rings. The number of nitrogens with one attached hydrogen (secondary N) is 2. The van der Waals surface area contributed by atoms with Crippen molar-refractivity contribution in [1.29, 1.82) is 0 Å². The molecule has 0 bridgehead atoms. The summed E-state index contributed by atoms with van der Waals surface area (Å²) in [5, 5.41) is 5.86. The third-order valence-corrected chi connectivity index (χ3v) is 2.47. The Morgan fingerprint density at radius 1 is 1.25 bits per heavy atom. The lowest BCUT2D eigenvalue weighted by atomic mass is 10.2. The lowest BCUT2D eigenvalue weighted by Crippen LogP contribution is -2.43. The first-order valence-electron chi connectivity index (χ1n) is 5.80. The molecule has 0 aliphatic heterocycles. The van der Waals surface area contributed by atoms with Gasteiger partial charge in [0.1, 0.15) is 0 Å². The van der Waals surface area contributed by atoms with E-state index in [1.807, 2.05) is 20.8 Å². The first kappa shape index (κ1) is 14.9. The summed E-state index contributed by atoms with van der Waals surface area (Å²) in [5.41, 5.74) is 5.04. The highest BCUT2D eigenvalue weighted by Gasteiger charge is 2.10. The molecule has 1 unspecified atom stereocenters. The molecule has 0 aromatic carbocycles. The van der Waals surface area contributed by atoms with Crippen LogP contribution in [0.5, 0.6) is 0 Å². The van der Waals surface area contributed by atoms with Gasteiger partial charge in [-0.25, -0.2) is 0 Å². The van der Waals surface area contributed by atoms with Crippen LogP contribution in [-0.4, -0.2) is 30.4 Å². The summed E-state index contributed by atoms with van der Waals surface area (Å²) in [7, 11) is 0. The number of rotatable bonds is 8. The zero-order valence-corrected chi connectivity index (χ0v) is 10.4. The van der Waals surface area contributed by atoms with Crippen molar-refractivity contribution in [2.45, 2.75) is 52.1 Å². The highest BCUT2D eigenvalue weighted by Crippen LogP contribution is 1.95. The van der Waals surface area contributed by atoms with E-state index in [0.717, 1.165) is 12.8 Å². The zero-order chi connectivity index (χ0) is 12.6. The lowest BCUT2D eigenvalue weighted by Gasteiger charge is -2.16. The fourth-order valence-corrected chi connectivity index (χ4v) is 1.41. The van der Waals surface area contributed by atoms with E-state index >= 15 is 0 Å². The average molecular weight is 229 g/mol. The van der Waals surface area contributed by atoms with Gasteiger partial charge in [-0.3, -0.25) is 9.59 Å². The third-order valence-electron chi connectivity index (χ3n) is 2.47. The van der Waals surface area contributed by atoms with E-state index in [0.29, 0.717) is 0 Å². The van der Waals surface area contributed by atoms with Gasteiger partial charge in [0.15, 0.2) is 0 Å². The molecule has 0 fully saturated rings. The minimum Gasteiger partial charge on any atom is -0.370 e. The first-order chi connectivity index (χ1) is 7.49. The molecule has 0 aliphatic rings. The minimum absolute atomic E-state index is 0.0370. The molecule has 0 aliphatic carbocycles. The molecule has 0 saturated heterocycles. The number of primary amides is 1. The van der Waals surface area contributed by atoms with Crippen molar-refractivity contribution in [3.8, 4) is 0 Å². The maximum absolute atomic E-state index is 11.5. The molecular weight excluding hydrogens is 206 g/mol. The van der Waals surface area contributed by atoms with Crippen LogP contribution < -0.4 is 16.4 Å². The fraction of sp³-hybridized carbons (Fsp3) is 0.818. The molecular formula is C11H23N3O2. The van der Waals surface area contributed by atoms with Crippen LogP contribution >= 0.6 is 0 Å². The van der Waals surface area contributed by atoms with Gasteiger partial charge in [0.25, 0.3) is 0 Å². The molecule has 5 heteroatoms. The topological polar surface area (TPSA) is 84.2 Å². The summed E-state index contributed by atoms with van der Waals surface area (Å²) in [5.74, 6) is -0.398. The van der Waals surface area contributed by atoms with E-state index < -0.39 is 0 Å². The van der Waals surface area contributed by atoms with Crippen molar-refractivity contribution in [1.82, 2.24) is 10.6 Å². The van der Waals surface area contributed by atoms with Crippen molar-refractivity contribution >= 4 is 11.8 Å². The van der Waals surface area contributed by atoms with Gasteiger partial charge in [0.2, 0.25) is 11.8 Å². The Bertz CT molecular complexity index is 227. The van der Waals surface area contributed by atoms with Crippen LogP contribution in [0.1, 0.15) is 40.0 Å². The Kier molecular flexibility index (Phi) is 7.54. The number of amides is 2. The van der Waals surface area contributed by atoms with E-state index in [4.69, 9.17) is 5.73 Å². The van der Waals surface area contributed by atoms with E-state index in [9.17, 15) is 9.59 Å². The fourth-order valence-electron chi connectivity index (χ4n) is 1.41. The van der Waals surface area contributed by atoms with Crippen LogP contribution in [-0.2, 0) is 9.59 Å². The van der Waals surface area contributed by atoms with Gasteiger partial charge in [0.05, 0.1) is 6.54 Å². The Hall–Kier alpha value is -1.10. The van der Waals surface area contributed by atoms with Crippen LogP contribution in [0, 0.1) is 0 Å². The molecule has 2 amide bonds. The second kappa shape index (κ2) is 8.10. The third kappa shape index (κ3) is 7.23. The minimum atomic E-state index is -0.361. The molecule has 0 radical (unpaired) electrons. The number of carbonyl (C=O) groups is 2. The first-order valence-corrected chi connectivity index (χ1v) is 5.80. The van der Waals surface area contributed by atoms with Crippen LogP contribution in [0.4, 0.5) is 0 Å². The summed E-state index contributed by atoms with van der Waals surface area (Å²) in [6.45, 7) is 6.13. The quantitative estimate of drug-likeness (QED) is 0.553. The number of carbonyl (C=O) groups excluding carboxylic acids is 2. The Morgan fingerprint density at radius 2 is 1.81 bits per heavy atom. The molecule has 0 rings (SSSR count). The normalized spacial score (nSPS) is 12.5. The molecule has 0 aromatic heterocycles. The Balaban J connectivity index is 3.76. The smallest absolute Gasteiger partial charge is 0.234 e.